The highest BCUT2D eigenvalue weighted by Crippen LogP contribution is 2.23. The SMILES string of the molecule is CCN(CC(=O)O)C(=O)C(C)(C)Oc1cccc(Cl)c1. The second kappa shape index (κ2) is 6.61. The fraction of sp³-hybridized carbons (Fsp3) is 0.429. The van der Waals surface area contributed by atoms with Crippen molar-refractivity contribution >= 4 is 23.5 Å². The number of nitrogens with zero attached hydrogens (tertiary/aromatic N) is 1. The molecule has 0 fully saturated rings. The molecule has 1 aromatic carbocycles. The summed E-state index contributed by atoms with van der Waals surface area (Å²) in [6.07, 6.45) is 0. The molecule has 110 valence electrons. The van der Waals surface area contributed by atoms with E-state index in [4.69, 9.17) is 21.4 Å². The molecule has 0 saturated carbocycles. The van der Waals surface area contributed by atoms with Gasteiger partial charge in [-0.05, 0) is 39.0 Å². The Kier molecular flexibility index (Phi) is 5.39. The van der Waals surface area contributed by atoms with Gasteiger partial charge in [0.05, 0.1) is 0 Å². The minimum Gasteiger partial charge on any atom is -0.480 e. The molecule has 0 heterocycles. The highest BCUT2D eigenvalue weighted by Gasteiger charge is 2.34. The fourth-order valence-electron chi connectivity index (χ4n) is 1.74. The summed E-state index contributed by atoms with van der Waals surface area (Å²) < 4.78 is 5.64. The van der Waals surface area contributed by atoms with Gasteiger partial charge in [0.25, 0.3) is 5.91 Å². The van der Waals surface area contributed by atoms with Crippen LogP contribution in [0.2, 0.25) is 5.02 Å². The molecule has 6 heteroatoms. The number of aliphatic carboxylic acids is 1. The summed E-state index contributed by atoms with van der Waals surface area (Å²) in [5, 5.41) is 9.31. The Labute approximate surface area is 123 Å². The molecule has 1 N–H and O–H groups in total. The number of hydrogen-bond acceptors (Lipinski definition) is 3. The van der Waals surface area contributed by atoms with Crippen LogP contribution in [0.4, 0.5) is 0 Å². The van der Waals surface area contributed by atoms with Gasteiger partial charge in [0.1, 0.15) is 12.3 Å². The maximum Gasteiger partial charge on any atom is 0.323 e. The van der Waals surface area contributed by atoms with Crippen molar-refractivity contribution in [2.45, 2.75) is 26.4 Å². The molecule has 0 saturated heterocycles. The minimum absolute atomic E-state index is 0.299. The Hall–Kier alpha value is -1.75. The third-order valence-corrected chi connectivity index (χ3v) is 2.91. The molecule has 0 atom stereocenters. The normalized spacial score (nSPS) is 11.0. The van der Waals surface area contributed by atoms with Gasteiger partial charge in [-0.25, -0.2) is 0 Å². The van der Waals surface area contributed by atoms with Gasteiger partial charge in [-0.2, -0.15) is 0 Å². The van der Waals surface area contributed by atoms with Crippen molar-refractivity contribution in [3.05, 3.63) is 29.3 Å². The van der Waals surface area contributed by atoms with Crippen LogP contribution in [0.1, 0.15) is 20.8 Å². The molecule has 0 radical (unpaired) electrons. The highest BCUT2D eigenvalue weighted by molar-refractivity contribution is 6.30. The maximum absolute atomic E-state index is 12.3. The molecule has 20 heavy (non-hydrogen) atoms. The average Bonchev–Trinajstić information content (AvgIpc) is 2.34. The Morgan fingerprint density at radius 1 is 1.40 bits per heavy atom. The Balaban J connectivity index is 2.85. The van der Waals surface area contributed by atoms with Crippen LogP contribution in [-0.2, 0) is 9.59 Å². The molecule has 0 aromatic heterocycles. The van der Waals surface area contributed by atoms with Crippen molar-refractivity contribution < 1.29 is 19.4 Å². The van der Waals surface area contributed by atoms with E-state index in [0.29, 0.717) is 17.3 Å². The van der Waals surface area contributed by atoms with E-state index in [1.165, 1.54) is 4.90 Å². The van der Waals surface area contributed by atoms with Crippen LogP contribution in [-0.4, -0.2) is 40.6 Å². The van der Waals surface area contributed by atoms with Crippen molar-refractivity contribution in [1.82, 2.24) is 4.90 Å². The first kappa shape index (κ1) is 16.3. The fourth-order valence-corrected chi connectivity index (χ4v) is 1.92. The summed E-state index contributed by atoms with van der Waals surface area (Å²) in [4.78, 5) is 24.3. The van der Waals surface area contributed by atoms with Gasteiger partial charge in [-0.1, -0.05) is 17.7 Å². The van der Waals surface area contributed by atoms with Crippen molar-refractivity contribution in [3.63, 3.8) is 0 Å². The van der Waals surface area contributed by atoms with Gasteiger partial charge >= 0.3 is 5.97 Å². The largest absolute Gasteiger partial charge is 0.480 e. The second-order valence-corrected chi connectivity index (χ2v) is 5.22. The van der Waals surface area contributed by atoms with E-state index in [9.17, 15) is 9.59 Å². The highest BCUT2D eigenvalue weighted by atomic mass is 35.5. The quantitative estimate of drug-likeness (QED) is 0.876. The van der Waals surface area contributed by atoms with E-state index in [1.807, 2.05) is 0 Å². The predicted octanol–water partition coefficient (Wildman–Crippen LogP) is 2.43. The first-order valence-electron chi connectivity index (χ1n) is 6.22. The molecule has 0 aliphatic carbocycles. The summed E-state index contributed by atoms with van der Waals surface area (Å²) >= 11 is 5.86. The molecular formula is C14H18ClNO4. The molecule has 0 aliphatic heterocycles. The summed E-state index contributed by atoms with van der Waals surface area (Å²) in [6.45, 7) is 4.86. The number of halogens is 1. The zero-order valence-electron chi connectivity index (χ0n) is 11.7. The van der Waals surface area contributed by atoms with E-state index in [1.54, 1.807) is 45.0 Å². The van der Waals surface area contributed by atoms with Gasteiger partial charge in [-0.15, -0.1) is 0 Å². The number of rotatable bonds is 6. The lowest BCUT2D eigenvalue weighted by Gasteiger charge is -2.31. The van der Waals surface area contributed by atoms with Crippen LogP contribution in [0.25, 0.3) is 0 Å². The molecule has 0 unspecified atom stereocenters. The first-order valence-corrected chi connectivity index (χ1v) is 6.60. The standard InChI is InChI=1S/C14H18ClNO4/c1-4-16(9-12(17)18)13(19)14(2,3)20-11-7-5-6-10(15)8-11/h5-8H,4,9H2,1-3H3,(H,17,18). The van der Waals surface area contributed by atoms with E-state index in [-0.39, 0.29) is 12.5 Å². The van der Waals surface area contributed by atoms with Crippen molar-refractivity contribution in [3.8, 4) is 5.75 Å². The Bertz CT molecular complexity index is 502. The maximum atomic E-state index is 12.3. The zero-order chi connectivity index (χ0) is 15.3. The summed E-state index contributed by atoms with van der Waals surface area (Å²) in [6, 6.07) is 6.71. The number of carbonyl (C=O) groups is 2. The number of likely N-dealkylation sites (N-methyl/N-ethyl adjacent to an activating group) is 1. The van der Waals surface area contributed by atoms with Gasteiger partial charge in [0, 0.05) is 11.6 Å². The number of ether oxygens (including phenoxy) is 1. The van der Waals surface area contributed by atoms with Gasteiger partial charge < -0.3 is 14.7 Å². The van der Waals surface area contributed by atoms with Gasteiger partial charge in [0.2, 0.25) is 0 Å². The van der Waals surface area contributed by atoms with E-state index < -0.39 is 11.6 Å². The van der Waals surface area contributed by atoms with E-state index >= 15 is 0 Å². The number of hydrogen-bond donors (Lipinski definition) is 1. The third kappa shape index (κ3) is 4.42. The molecule has 0 aliphatic rings. The minimum atomic E-state index is -1.17. The number of carbonyl (C=O) groups excluding carboxylic acids is 1. The number of carboxylic acid groups (broad SMARTS) is 1. The smallest absolute Gasteiger partial charge is 0.323 e. The zero-order valence-corrected chi connectivity index (χ0v) is 12.5. The Morgan fingerprint density at radius 3 is 2.55 bits per heavy atom. The van der Waals surface area contributed by atoms with Gasteiger partial charge in [-0.3, -0.25) is 9.59 Å². The molecule has 1 rings (SSSR count). The lowest BCUT2D eigenvalue weighted by atomic mass is 10.1. The summed E-state index contributed by atoms with van der Waals surface area (Å²) in [5.74, 6) is -0.983. The first-order chi connectivity index (χ1) is 9.26. The number of carboxylic acids is 1. The molecule has 0 spiro atoms. The van der Waals surface area contributed by atoms with Crippen LogP contribution < -0.4 is 4.74 Å². The van der Waals surface area contributed by atoms with Crippen molar-refractivity contribution in [2.24, 2.45) is 0 Å². The average molecular weight is 300 g/mol. The number of amides is 1. The second-order valence-electron chi connectivity index (χ2n) is 4.78. The third-order valence-electron chi connectivity index (χ3n) is 2.68. The topological polar surface area (TPSA) is 66.8 Å². The summed E-state index contributed by atoms with van der Waals surface area (Å²) in [7, 11) is 0. The van der Waals surface area contributed by atoms with Gasteiger partial charge in [0.15, 0.2) is 5.60 Å². The predicted molar refractivity (Wildman–Crippen MR) is 76.0 cm³/mol. The van der Waals surface area contributed by atoms with Crippen molar-refractivity contribution in [1.29, 1.82) is 0 Å². The molecule has 0 bridgehead atoms. The number of benzene rings is 1. The van der Waals surface area contributed by atoms with Crippen LogP contribution in [0.3, 0.4) is 0 Å². The molecule has 1 aromatic rings. The lowest BCUT2D eigenvalue weighted by molar-refractivity contribution is -0.151. The van der Waals surface area contributed by atoms with E-state index in [0.717, 1.165) is 0 Å². The Morgan fingerprint density at radius 2 is 2.05 bits per heavy atom. The van der Waals surface area contributed by atoms with Crippen LogP contribution in [0, 0.1) is 0 Å². The van der Waals surface area contributed by atoms with Crippen molar-refractivity contribution in [2.75, 3.05) is 13.1 Å². The molecular weight excluding hydrogens is 282 g/mol. The van der Waals surface area contributed by atoms with Crippen LogP contribution in [0.15, 0.2) is 24.3 Å². The summed E-state index contributed by atoms with van der Waals surface area (Å²) in [5.41, 5.74) is -1.17. The van der Waals surface area contributed by atoms with E-state index in [2.05, 4.69) is 0 Å². The monoisotopic (exact) mass is 299 g/mol. The van der Waals surface area contributed by atoms with Crippen LogP contribution >= 0.6 is 11.6 Å². The van der Waals surface area contributed by atoms with Crippen LogP contribution in [0.5, 0.6) is 5.75 Å². The molecule has 1 amide bonds. The molecule has 5 nitrogen and oxygen atoms in total. The lowest BCUT2D eigenvalue weighted by Crippen LogP contribution is -2.50.